The van der Waals surface area contributed by atoms with Crippen molar-refractivity contribution in [1.29, 1.82) is 0 Å². The van der Waals surface area contributed by atoms with Gasteiger partial charge in [-0.15, -0.1) is 11.8 Å². The number of halogens is 1. The van der Waals surface area contributed by atoms with E-state index in [9.17, 15) is 4.39 Å². The molecule has 1 N–H and O–H groups in total. The van der Waals surface area contributed by atoms with Gasteiger partial charge >= 0.3 is 0 Å². The highest BCUT2D eigenvalue weighted by atomic mass is 32.2. The van der Waals surface area contributed by atoms with Gasteiger partial charge in [0.25, 0.3) is 0 Å². The minimum Gasteiger partial charge on any atom is -0.357 e. The number of nitrogens with one attached hydrogen (secondary N) is 1. The molecule has 1 heterocycles. The van der Waals surface area contributed by atoms with E-state index < -0.39 is 0 Å². The SMILES string of the molecule is CS[C@@H]1CNCC(c2cccc(F)c2)O1. The van der Waals surface area contributed by atoms with Crippen LogP contribution < -0.4 is 5.32 Å². The summed E-state index contributed by atoms with van der Waals surface area (Å²) in [4.78, 5) is 0. The lowest BCUT2D eigenvalue weighted by atomic mass is 10.1. The Morgan fingerprint density at radius 2 is 2.33 bits per heavy atom. The molecule has 0 radical (unpaired) electrons. The number of benzene rings is 1. The largest absolute Gasteiger partial charge is 0.357 e. The minimum absolute atomic E-state index is 0.0353. The fourth-order valence-corrected chi connectivity index (χ4v) is 2.18. The Kier molecular flexibility index (Phi) is 3.61. The van der Waals surface area contributed by atoms with Gasteiger partial charge in [0.1, 0.15) is 11.3 Å². The predicted octanol–water partition coefficient (Wildman–Crippen LogP) is 2.18. The maximum absolute atomic E-state index is 13.0. The van der Waals surface area contributed by atoms with Crippen molar-refractivity contribution in [1.82, 2.24) is 5.32 Å². The standard InChI is InChI=1S/C11H14FNOS/c1-15-11-7-13-6-10(14-11)8-3-2-4-9(12)5-8/h2-5,10-11,13H,6-7H2,1H3/t10?,11-/m1/s1. The first-order valence-corrected chi connectivity index (χ1v) is 6.23. The number of ether oxygens (including phenoxy) is 1. The van der Waals surface area contributed by atoms with Gasteiger partial charge in [-0.05, 0) is 24.0 Å². The third-order valence-corrected chi connectivity index (χ3v) is 3.24. The van der Waals surface area contributed by atoms with Crippen molar-refractivity contribution in [2.75, 3.05) is 19.3 Å². The lowest BCUT2D eigenvalue weighted by Crippen LogP contribution is -2.38. The van der Waals surface area contributed by atoms with Crippen LogP contribution >= 0.6 is 11.8 Å². The van der Waals surface area contributed by atoms with Gasteiger partial charge in [-0.1, -0.05) is 12.1 Å². The first kappa shape index (κ1) is 10.9. The van der Waals surface area contributed by atoms with E-state index in [1.54, 1.807) is 17.8 Å². The topological polar surface area (TPSA) is 21.3 Å². The molecule has 0 bridgehead atoms. The molecular formula is C11H14FNOS. The van der Waals surface area contributed by atoms with Gasteiger partial charge in [0.05, 0.1) is 6.10 Å². The van der Waals surface area contributed by atoms with E-state index in [-0.39, 0.29) is 17.4 Å². The molecule has 1 saturated heterocycles. The second kappa shape index (κ2) is 4.96. The van der Waals surface area contributed by atoms with Crippen LogP contribution in [0.4, 0.5) is 4.39 Å². The zero-order chi connectivity index (χ0) is 10.7. The van der Waals surface area contributed by atoms with Crippen LogP contribution in [0.15, 0.2) is 24.3 Å². The van der Waals surface area contributed by atoms with Crippen LogP contribution in [0.3, 0.4) is 0 Å². The zero-order valence-electron chi connectivity index (χ0n) is 8.57. The molecular weight excluding hydrogens is 213 g/mol. The van der Waals surface area contributed by atoms with Gasteiger partial charge in [0.15, 0.2) is 0 Å². The van der Waals surface area contributed by atoms with Crippen LogP contribution in [0.5, 0.6) is 0 Å². The third kappa shape index (κ3) is 2.71. The monoisotopic (exact) mass is 227 g/mol. The molecule has 1 aromatic carbocycles. The zero-order valence-corrected chi connectivity index (χ0v) is 9.39. The fourth-order valence-electron chi connectivity index (χ4n) is 1.65. The van der Waals surface area contributed by atoms with Gasteiger partial charge < -0.3 is 10.1 Å². The highest BCUT2D eigenvalue weighted by molar-refractivity contribution is 7.99. The van der Waals surface area contributed by atoms with Crippen LogP contribution in [-0.2, 0) is 4.74 Å². The number of hydrogen-bond donors (Lipinski definition) is 1. The van der Waals surface area contributed by atoms with Crippen LogP contribution in [-0.4, -0.2) is 24.8 Å². The van der Waals surface area contributed by atoms with Crippen LogP contribution in [0.2, 0.25) is 0 Å². The Labute approximate surface area is 93.2 Å². The van der Waals surface area contributed by atoms with E-state index in [0.717, 1.165) is 18.7 Å². The quantitative estimate of drug-likeness (QED) is 0.836. The highest BCUT2D eigenvalue weighted by Gasteiger charge is 2.22. The van der Waals surface area contributed by atoms with E-state index >= 15 is 0 Å². The summed E-state index contributed by atoms with van der Waals surface area (Å²) >= 11 is 1.67. The Bertz CT molecular complexity index is 334. The molecule has 1 aromatic rings. The predicted molar refractivity (Wildman–Crippen MR) is 60.4 cm³/mol. The summed E-state index contributed by atoms with van der Waals surface area (Å²) in [7, 11) is 0. The molecule has 1 fully saturated rings. The first-order chi connectivity index (χ1) is 7.29. The highest BCUT2D eigenvalue weighted by Crippen LogP contribution is 2.25. The van der Waals surface area contributed by atoms with E-state index in [4.69, 9.17) is 4.74 Å². The van der Waals surface area contributed by atoms with Gasteiger partial charge in [-0.2, -0.15) is 0 Å². The van der Waals surface area contributed by atoms with Crippen LogP contribution in [0, 0.1) is 5.82 Å². The molecule has 15 heavy (non-hydrogen) atoms. The lowest BCUT2D eigenvalue weighted by Gasteiger charge is -2.30. The average Bonchev–Trinajstić information content (AvgIpc) is 2.29. The molecule has 2 rings (SSSR count). The average molecular weight is 227 g/mol. The summed E-state index contributed by atoms with van der Waals surface area (Å²) in [6.45, 7) is 1.60. The molecule has 1 aliphatic heterocycles. The number of hydrogen-bond acceptors (Lipinski definition) is 3. The molecule has 0 aromatic heterocycles. The summed E-state index contributed by atoms with van der Waals surface area (Å²) < 4.78 is 18.8. The third-order valence-electron chi connectivity index (χ3n) is 2.44. The molecule has 2 atom stereocenters. The minimum atomic E-state index is -0.206. The molecule has 0 saturated carbocycles. The lowest BCUT2D eigenvalue weighted by molar-refractivity contribution is 0.00774. The second-order valence-corrected chi connectivity index (χ2v) is 4.50. The van der Waals surface area contributed by atoms with E-state index in [1.807, 2.05) is 12.3 Å². The fraction of sp³-hybridized carbons (Fsp3) is 0.455. The number of morpholine rings is 1. The summed E-state index contributed by atoms with van der Waals surface area (Å²) in [5.74, 6) is -0.206. The van der Waals surface area contributed by atoms with Crippen molar-refractivity contribution in [3.05, 3.63) is 35.6 Å². The normalized spacial score (nSPS) is 26.5. The molecule has 82 valence electrons. The molecule has 0 aliphatic carbocycles. The van der Waals surface area contributed by atoms with Crippen LogP contribution in [0.25, 0.3) is 0 Å². The van der Waals surface area contributed by atoms with E-state index in [2.05, 4.69) is 5.32 Å². The van der Waals surface area contributed by atoms with Crippen molar-refractivity contribution in [3.8, 4) is 0 Å². The van der Waals surface area contributed by atoms with E-state index in [1.165, 1.54) is 12.1 Å². The van der Waals surface area contributed by atoms with Crippen molar-refractivity contribution in [3.63, 3.8) is 0 Å². The van der Waals surface area contributed by atoms with Gasteiger partial charge in [0.2, 0.25) is 0 Å². The van der Waals surface area contributed by atoms with Gasteiger partial charge in [-0.25, -0.2) is 4.39 Å². The molecule has 4 heteroatoms. The maximum atomic E-state index is 13.0. The van der Waals surface area contributed by atoms with E-state index in [0.29, 0.717) is 0 Å². The Balaban J connectivity index is 2.09. The second-order valence-electron chi connectivity index (χ2n) is 3.50. The van der Waals surface area contributed by atoms with Crippen molar-refractivity contribution >= 4 is 11.8 Å². The van der Waals surface area contributed by atoms with Gasteiger partial charge in [0, 0.05) is 13.1 Å². The van der Waals surface area contributed by atoms with Crippen molar-refractivity contribution in [2.45, 2.75) is 11.5 Å². The Morgan fingerprint density at radius 3 is 3.07 bits per heavy atom. The number of rotatable bonds is 2. The molecule has 2 nitrogen and oxygen atoms in total. The molecule has 0 spiro atoms. The number of thioether (sulfide) groups is 1. The summed E-state index contributed by atoms with van der Waals surface area (Å²) in [6.07, 6.45) is 1.98. The van der Waals surface area contributed by atoms with Crippen molar-refractivity contribution < 1.29 is 9.13 Å². The maximum Gasteiger partial charge on any atom is 0.123 e. The van der Waals surface area contributed by atoms with Crippen molar-refractivity contribution in [2.24, 2.45) is 0 Å². The summed E-state index contributed by atoms with van der Waals surface area (Å²) in [6, 6.07) is 6.61. The Morgan fingerprint density at radius 1 is 1.47 bits per heavy atom. The Hall–Kier alpha value is -0.580. The van der Waals surface area contributed by atoms with Gasteiger partial charge in [-0.3, -0.25) is 0 Å². The molecule has 1 aliphatic rings. The summed E-state index contributed by atoms with van der Waals surface area (Å²) in [5, 5.41) is 3.29. The molecule has 1 unspecified atom stereocenters. The molecule has 0 amide bonds. The first-order valence-electron chi connectivity index (χ1n) is 4.94. The van der Waals surface area contributed by atoms with Crippen LogP contribution in [0.1, 0.15) is 11.7 Å². The summed E-state index contributed by atoms with van der Waals surface area (Å²) in [5.41, 5.74) is 1.06. The smallest absolute Gasteiger partial charge is 0.123 e.